The van der Waals surface area contributed by atoms with Crippen LogP contribution in [0.2, 0.25) is 0 Å². The Morgan fingerprint density at radius 1 is 1.42 bits per heavy atom. The van der Waals surface area contributed by atoms with Gasteiger partial charge in [-0.05, 0) is 31.9 Å². The molecule has 2 aliphatic heterocycles. The highest BCUT2D eigenvalue weighted by molar-refractivity contribution is 5.77. The number of carbonyl (C=O) groups excluding carboxylic acids is 1. The van der Waals surface area contributed by atoms with Crippen LogP contribution in [0.4, 0.5) is 4.79 Å². The van der Waals surface area contributed by atoms with Crippen molar-refractivity contribution in [2.24, 2.45) is 17.1 Å². The summed E-state index contributed by atoms with van der Waals surface area (Å²) in [6.07, 6.45) is 1.25. The zero-order valence-electron chi connectivity index (χ0n) is 13.9. The Morgan fingerprint density at radius 2 is 2.21 bits per heavy atom. The highest BCUT2D eigenvalue weighted by Gasteiger charge is 2.53. The number of amides is 2. The standard InChI is InChI=1S/C17H24N4O3/c1-12-4-2-5-14(19-12)10-20-8-13-9-21(16(18)24)7-3-6-17(13,11-20)15(22)23/h2,4-5,13H,3,6-11H2,1H3,(H2,18,24)(H,22,23)/t13-,17+/m1/s1. The van der Waals surface area contributed by atoms with E-state index in [0.29, 0.717) is 45.6 Å². The van der Waals surface area contributed by atoms with Gasteiger partial charge in [-0.2, -0.15) is 0 Å². The third-order valence-electron chi connectivity index (χ3n) is 5.33. The van der Waals surface area contributed by atoms with E-state index in [4.69, 9.17) is 5.73 Å². The van der Waals surface area contributed by atoms with Crippen molar-refractivity contribution in [1.29, 1.82) is 0 Å². The number of carboxylic acids is 1. The van der Waals surface area contributed by atoms with Crippen LogP contribution in [0.15, 0.2) is 18.2 Å². The van der Waals surface area contributed by atoms with E-state index in [2.05, 4.69) is 9.88 Å². The third kappa shape index (κ3) is 3.08. The highest BCUT2D eigenvalue weighted by Crippen LogP contribution is 2.43. The number of pyridine rings is 1. The number of rotatable bonds is 3. The monoisotopic (exact) mass is 332 g/mol. The van der Waals surface area contributed by atoms with Gasteiger partial charge in [0.1, 0.15) is 0 Å². The number of aliphatic carboxylic acids is 1. The molecule has 2 saturated heterocycles. The van der Waals surface area contributed by atoms with Crippen LogP contribution >= 0.6 is 0 Å². The lowest BCUT2D eigenvalue weighted by Crippen LogP contribution is -2.44. The van der Waals surface area contributed by atoms with Crippen molar-refractivity contribution in [3.05, 3.63) is 29.6 Å². The Kier molecular flexibility index (Phi) is 4.45. The number of carbonyl (C=O) groups is 2. The number of aryl methyl sites for hydroxylation is 1. The second-order valence-electron chi connectivity index (χ2n) is 6.99. The van der Waals surface area contributed by atoms with Crippen molar-refractivity contribution in [2.45, 2.75) is 26.3 Å². The van der Waals surface area contributed by atoms with Crippen LogP contribution in [0.3, 0.4) is 0 Å². The molecule has 2 amide bonds. The molecule has 7 heteroatoms. The molecule has 7 nitrogen and oxygen atoms in total. The van der Waals surface area contributed by atoms with Gasteiger partial charge >= 0.3 is 12.0 Å². The summed E-state index contributed by atoms with van der Waals surface area (Å²) >= 11 is 0. The fourth-order valence-electron chi connectivity index (χ4n) is 4.12. The minimum Gasteiger partial charge on any atom is -0.481 e. The van der Waals surface area contributed by atoms with Crippen LogP contribution in [0.1, 0.15) is 24.2 Å². The van der Waals surface area contributed by atoms with E-state index in [1.807, 2.05) is 25.1 Å². The summed E-state index contributed by atoms with van der Waals surface area (Å²) in [7, 11) is 0. The minimum absolute atomic E-state index is 0.102. The minimum atomic E-state index is -0.798. The zero-order valence-corrected chi connectivity index (χ0v) is 13.9. The number of hydrogen-bond acceptors (Lipinski definition) is 4. The van der Waals surface area contributed by atoms with Gasteiger partial charge in [0.05, 0.1) is 11.1 Å². The van der Waals surface area contributed by atoms with E-state index in [-0.39, 0.29) is 5.92 Å². The van der Waals surface area contributed by atoms with Crippen LogP contribution in [0.5, 0.6) is 0 Å². The summed E-state index contributed by atoms with van der Waals surface area (Å²) in [4.78, 5) is 31.9. The fourth-order valence-corrected chi connectivity index (χ4v) is 4.12. The van der Waals surface area contributed by atoms with Crippen LogP contribution < -0.4 is 5.73 Å². The van der Waals surface area contributed by atoms with Crippen molar-refractivity contribution < 1.29 is 14.7 Å². The molecular weight excluding hydrogens is 308 g/mol. The number of hydrogen-bond donors (Lipinski definition) is 2. The molecule has 0 unspecified atom stereocenters. The Balaban J connectivity index is 1.80. The Labute approximate surface area is 141 Å². The molecule has 3 N–H and O–H groups in total. The molecule has 0 bridgehead atoms. The van der Waals surface area contributed by atoms with Crippen LogP contribution in [-0.4, -0.2) is 58.1 Å². The van der Waals surface area contributed by atoms with Crippen molar-refractivity contribution in [1.82, 2.24) is 14.8 Å². The third-order valence-corrected chi connectivity index (χ3v) is 5.33. The topological polar surface area (TPSA) is 99.8 Å². The number of carboxylic acid groups (broad SMARTS) is 1. The normalized spacial score (nSPS) is 27.5. The molecule has 130 valence electrons. The molecule has 3 rings (SSSR count). The predicted octanol–water partition coefficient (Wildman–Crippen LogP) is 1.07. The maximum Gasteiger partial charge on any atom is 0.314 e. The van der Waals surface area contributed by atoms with E-state index in [9.17, 15) is 14.7 Å². The summed E-state index contributed by atoms with van der Waals surface area (Å²) in [5.41, 5.74) is 6.53. The van der Waals surface area contributed by atoms with E-state index < -0.39 is 17.4 Å². The van der Waals surface area contributed by atoms with Gasteiger partial charge in [0, 0.05) is 44.3 Å². The Hall–Kier alpha value is -2.15. The first-order valence-corrected chi connectivity index (χ1v) is 8.33. The molecule has 0 saturated carbocycles. The first kappa shape index (κ1) is 16.7. The van der Waals surface area contributed by atoms with E-state index in [1.165, 1.54) is 0 Å². The smallest absolute Gasteiger partial charge is 0.314 e. The first-order valence-electron chi connectivity index (χ1n) is 8.33. The summed E-state index contributed by atoms with van der Waals surface area (Å²) in [5, 5.41) is 9.90. The number of nitrogens with two attached hydrogens (primary N) is 1. The maximum absolute atomic E-state index is 12.1. The average Bonchev–Trinajstić information content (AvgIpc) is 2.74. The Bertz CT molecular complexity index is 650. The molecule has 0 radical (unpaired) electrons. The molecule has 24 heavy (non-hydrogen) atoms. The second kappa shape index (κ2) is 6.39. The molecule has 0 aliphatic carbocycles. The number of fused-ring (bicyclic) bond motifs is 1. The lowest BCUT2D eigenvalue weighted by atomic mass is 9.75. The molecule has 3 heterocycles. The number of aromatic nitrogens is 1. The van der Waals surface area contributed by atoms with Gasteiger partial charge in [-0.25, -0.2) is 4.79 Å². The maximum atomic E-state index is 12.1. The second-order valence-corrected chi connectivity index (χ2v) is 6.99. The van der Waals surface area contributed by atoms with Crippen LogP contribution in [-0.2, 0) is 11.3 Å². The average molecular weight is 332 g/mol. The molecule has 1 aromatic heterocycles. The van der Waals surface area contributed by atoms with Crippen molar-refractivity contribution in [2.75, 3.05) is 26.2 Å². The van der Waals surface area contributed by atoms with E-state index in [1.54, 1.807) is 4.90 Å². The quantitative estimate of drug-likeness (QED) is 0.862. The highest BCUT2D eigenvalue weighted by atomic mass is 16.4. The SMILES string of the molecule is Cc1cccc(CN2C[C@@H]3CN(C(N)=O)CCC[C@]3(C(=O)O)C2)n1. The van der Waals surface area contributed by atoms with Gasteiger partial charge in [0.25, 0.3) is 0 Å². The summed E-state index contributed by atoms with van der Waals surface area (Å²) in [5.74, 6) is -0.867. The first-order chi connectivity index (χ1) is 11.4. The lowest BCUT2D eigenvalue weighted by Gasteiger charge is -2.29. The summed E-state index contributed by atoms with van der Waals surface area (Å²) < 4.78 is 0. The van der Waals surface area contributed by atoms with Gasteiger partial charge in [-0.1, -0.05) is 6.07 Å². The van der Waals surface area contributed by atoms with Gasteiger partial charge in [0.2, 0.25) is 0 Å². The van der Waals surface area contributed by atoms with Gasteiger partial charge in [-0.15, -0.1) is 0 Å². The van der Waals surface area contributed by atoms with E-state index >= 15 is 0 Å². The molecule has 2 aliphatic rings. The van der Waals surface area contributed by atoms with Gasteiger partial charge in [-0.3, -0.25) is 14.7 Å². The van der Waals surface area contributed by atoms with Gasteiger partial charge in [0.15, 0.2) is 0 Å². The van der Waals surface area contributed by atoms with Crippen molar-refractivity contribution in [3.8, 4) is 0 Å². The predicted molar refractivity (Wildman–Crippen MR) is 88.2 cm³/mol. The number of urea groups is 1. The van der Waals surface area contributed by atoms with Crippen molar-refractivity contribution in [3.63, 3.8) is 0 Å². The largest absolute Gasteiger partial charge is 0.481 e. The van der Waals surface area contributed by atoms with Crippen LogP contribution in [0.25, 0.3) is 0 Å². The number of likely N-dealkylation sites (tertiary alicyclic amines) is 2. The molecule has 2 atom stereocenters. The molecule has 0 aromatic carbocycles. The number of nitrogens with zero attached hydrogens (tertiary/aromatic N) is 3. The van der Waals surface area contributed by atoms with Crippen molar-refractivity contribution >= 4 is 12.0 Å². The molecule has 1 aromatic rings. The Morgan fingerprint density at radius 3 is 2.88 bits per heavy atom. The fraction of sp³-hybridized carbons (Fsp3) is 0.588. The van der Waals surface area contributed by atoms with Crippen LogP contribution in [0, 0.1) is 18.3 Å². The molecular formula is C17H24N4O3. The number of primary amides is 1. The molecule has 0 spiro atoms. The van der Waals surface area contributed by atoms with E-state index in [0.717, 1.165) is 11.4 Å². The van der Waals surface area contributed by atoms with Gasteiger partial charge < -0.3 is 15.7 Å². The summed E-state index contributed by atoms with van der Waals surface area (Å²) in [6, 6.07) is 5.41. The zero-order chi connectivity index (χ0) is 17.3. The summed E-state index contributed by atoms with van der Waals surface area (Å²) in [6.45, 7) is 4.67. The lowest BCUT2D eigenvalue weighted by molar-refractivity contribution is -0.150. The molecule has 2 fully saturated rings.